The van der Waals surface area contributed by atoms with E-state index in [4.69, 9.17) is 33.4 Å². The van der Waals surface area contributed by atoms with Gasteiger partial charge < -0.3 is 10.2 Å². The van der Waals surface area contributed by atoms with Crippen LogP contribution in [0.25, 0.3) is 11.3 Å². The van der Waals surface area contributed by atoms with E-state index in [-0.39, 0.29) is 18.0 Å². The molecule has 2 aromatic carbocycles. The fourth-order valence-corrected chi connectivity index (χ4v) is 4.50. The molecule has 10 heteroatoms. The van der Waals surface area contributed by atoms with Crippen molar-refractivity contribution in [3.63, 3.8) is 0 Å². The first-order valence-electron chi connectivity index (χ1n) is 8.48. The molecule has 0 spiro atoms. The highest BCUT2D eigenvalue weighted by molar-refractivity contribution is 7.92. The van der Waals surface area contributed by atoms with Crippen molar-refractivity contribution < 1.29 is 17.6 Å². The van der Waals surface area contributed by atoms with Gasteiger partial charge in [-0.3, -0.25) is 9.10 Å². The van der Waals surface area contributed by atoms with Crippen molar-refractivity contribution in [2.24, 2.45) is 5.73 Å². The summed E-state index contributed by atoms with van der Waals surface area (Å²) in [4.78, 5) is 15.0. The lowest BCUT2D eigenvalue weighted by molar-refractivity contribution is -0.117. The van der Waals surface area contributed by atoms with Crippen molar-refractivity contribution in [2.45, 2.75) is 13.0 Å². The molecule has 1 aromatic heterocycles. The van der Waals surface area contributed by atoms with E-state index in [1.54, 1.807) is 48.7 Å². The molecule has 3 aromatic rings. The Labute approximate surface area is 178 Å². The predicted octanol–water partition coefficient (Wildman–Crippen LogP) is 3.86. The Balaban J connectivity index is 1.98. The molecule has 0 radical (unpaired) electrons. The molecule has 0 fully saturated rings. The second-order valence-electron chi connectivity index (χ2n) is 6.16. The number of nitrogens with zero attached hydrogens (tertiary/aromatic N) is 2. The predicted molar refractivity (Wildman–Crippen MR) is 112 cm³/mol. The maximum Gasteiger partial charge on any atom is 0.235 e. The molecule has 7 nitrogen and oxygen atoms in total. The fraction of sp³-hybridized carbons (Fsp3) is 0.158. The molecule has 1 amide bonds. The van der Waals surface area contributed by atoms with E-state index in [9.17, 15) is 13.2 Å². The topological polar surface area (TPSA) is 106 Å². The van der Waals surface area contributed by atoms with Crippen LogP contribution >= 0.6 is 23.2 Å². The third-order valence-electron chi connectivity index (χ3n) is 4.16. The first-order chi connectivity index (χ1) is 13.8. The summed E-state index contributed by atoms with van der Waals surface area (Å²) in [6.45, 7) is -0.0534. The second kappa shape index (κ2) is 8.86. The maximum absolute atomic E-state index is 13.0. The molecular formula is C19H17Cl2N3O4S. The average Bonchev–Trinajstić information content (AvgIpc) is 3.22. The Hall–Kier alpha value is -2.55. The van der Waals surface area contributed by atoms with Gasteiger partial charge in [-0.05, 0) is 35.9 Å². The van der Waals surface area contributed by atoms with Gasteiger partial charge in [-0.1, -0.05) is 35.3 Å². The van der Waals surface area contributed by atoms with Gasteiger partial charge in [-0.15, -0.1) is 0 Å². The Bertz CT molecular complexity index is 1100. The zero-order valence-electron chi connectivity index (χ0n) is 15.1. The number of halogens is 2. The molecular weight excluding hydrogens is 437 g/mol. The third-order valence-corrected chi connectivity index (χ3v) is 6.75. The van der Waals surface area contributed by atoms with Gasteiger partial charge in [-0.2, -0.15) is 0 Å². The highest BCUT2D eigenvalue weighted by Gasteiger charge is 2.25. The van der Waals surface area contributed by atoms with Crippen LogP contribution < -0.4 is 10.0 Å². The smallest absolute Gasteiger partial charge is 0.235 e. The van der Waals surface area contributed by atoms with Crippen molar-refractivity contribution in [3.05, 3.63) is 70.7 Å². The van der Waals surface area contributed by atoms with Gasteiger partial charge in [0.1, 0.15) is 0 Å². The van der Waals surface area contributed by atoms with Gasteiger partial charge in [0.25, 0.3) is 0 Å². The number of primary amides is 1. The fourth-order valence-electron chi connectivity index (χ4n) is 2.67. The van der Waals surface area contributed by atoms with E-state index < -0.39 is 21.7 Å². The number of benzene rings is 2. The van der Waals surface area contributed by atoms with Crippen LogP contribution in [0.4, 0.5) is 5.69 Å². The molecule has 0 unspecified atom stereocenters. The number of hydrogen-bond donors (Lipinski definition) is 1. The van der Waals surface area contributed by atoms with E-state index >= 15 is 0 Å². The number of hydrogen-bond acceptors (Lipinski definition) is 5. The number of anilines is 1. The first-order valence-corrected chi connectivity index (χ1v) is 10.8. The third kappa shape index (κ3) is 5.09. The summed E-state index contributed by atoms with van der Waals surface area (Å²) in [5.74, 6) is -0.572. The zero-order chi connectivity index (χ0) is 21.0. The lowest BCUT2D eigenvalue weighted by atomic mass is 10.1. The molecule has 3 rings (SSSR count). The van der Waals surface area contributed by atoms with Crippen LogP contribution in [0.2, 0.25) is 10.0 Å². The number of amides is 1. The summed E-state index contributed by atoms with van der Waals surface area (Å²) in [6, 6.07) is 11.7. The molecule has 0 saturated heterocycles. The van der Waals surface area contributed by atoms with Gasteiger partial charge in [0.2, 0.25) is 15.9 Å². The van der Waals surface area contributed by atoms with Crippen LogP contribution in [0.1, 0.15) is 12.0 Å². The molecule has 0 bridgehead atoms. The summed E-state index contributed by atoms with van der Waals surface area (Å²) in [7, 11) is -3.87. The summed E-state index contributed by atoms with van der Waals surface area (Å²) in [6.07, 6.45) is 2.57. The first kappa shape index (κ1) is 21.2. The minimum atomic E-state index is -3.87. The molecule has 29 heavy (non-hydrogen) atoms. The van der Waals surface area contributed by atoms with E-state index in [1.807, 2.05) is 0 Å². The molecule has 0 saturated carbocycles. The van der Waals surface area contributed by atoms with Crippen LogP contribution in [-0.4, -0.2) is 25.1 Å². The second-order valence-corrected chi connectivity index (χ2v) is 8.96. The summed E-state index contributed by atoms with van der Waals surface area (Å²) in [5, 5.41) is 0.585. The number of carbonyl (C=O) groups excluding carboxylic acids is 1. The normalized spacial score (nSPS) is 11.4. The van der Waals surface area contributed by atoms with Gasteiger partial charge >= 0.3 is 0 Å². The Kier molecular flexibility index (Phi) is 6.46. The van der Waals surface area contributed by atoms with Crippen molar-refractivity contribution in [1.82, 2.24) is 4.98 Å². The van der Waals surface area contributed by atoms with Crippen molar-refractivity contribution in [2.75, 3.05) is 10.1 Å². The molecule has 0 aliphatic carbocycles. The molecule has 152 valence electrons. The minimum Gasteiger partial charge on any atom is -0.444 e. The lowest BCUT2D eigenvalue weighted by Gasteiger charge is -2.25. The number of sulfonamides is 1. The quantitative estimate of drug-likeness (QED) is 0.556. The monoisotopic (exact) mass is 453 g/mol. The summed E-state index contributed by atoms with van der Waals surface area (Å²) < 4.78 is 32.4. The zero-order valence-corrected chi connectivity index (χ0v) is 17.4. The highest BCUT2D eigenvalue weighted by Crippen LogP contribution is 2.30. The van der Waals surface area contributed by atoms with Gasteiger partial charge in [-0.25, -0.2) is 13.4 Å². The SMILES string of the molecule is NC(=O)CCS(=O)(=O)N(Cc1cccc(Cl)c1Cl)c1ccc(-c2cnco2)cc1. The van der Waals surface area contributed by atoms with E-state index in [1.165, 1.54) is 10.7 Å². The number of rotatable bonds is 8. The van der Waals surface area contributed by atoms with Crippen LogP contribution in [-0.2, 0) is 21.4 Å². The Morgan fingerprint density at radius 1 is 1.14 bits per heavy atom. The van der Waals surface area contributed by atoms with Gasteiger partial charge in [0, 0.05) is 12.0 Å². The maximum atomic E-state index is 13.0. The van der Waals surface area contributed by atoms with E-state index in [2.05, 4.69) is 4.98 Å². The lowest BCUT2D eigenvalue weighted by Crippen LogP contribution is -2.34. The number of carbonyl (C=O) groups is 1. The Morgan fingerprint density at radius 2 is 1.86 bits per heavy atom. The van der Waals surface area contributed by atoms with Gasteiger partial charge in [0.15, 0.2) is 12.2 Å². The van der Waals surface area contributed by atoms with Gasteiger partial charge in [0.05, 0.1) is 34.2 Å². The van der Waals surface area contributed by atoms with Crippen molar-refractivity contribution in [1.29, 1.82) is 0 Å². The van der Waals surface area contributed by atoms with Crippen LogP contribution in [0.15, 0.2) is 59.5 Å². The van der Waals surface area contributed by atoms with Crippen LogP contribution in [0.5, 0.6) is 0 Å². The summed E-state index contributed by atoms with van der Waals surface area (Å²) >= 11 is 12.3. The Morgan fingerprint density at radius 3 is 2.48 bits per heavy atom. The molecule has 0 atom stereocenters. The van der Waals surface area contributed by atoms with Crippen LogP contribution in [0, 0.1) is 0 Å². The number of oxazole rings is 1. The largest absolute Gasteiger partial charge is 0.444 e. The number of nitrogens with two attached hydrogens (primary N) is 1. The van der Waals surface area contributed by atoms with Crippen molar-refractivity contribution in [3.8, 4) is 11.3 Å². The summed E-state index contributed by atoms with van der Waals surface area (Å²) in [5.41, 5.74) is 6.80. The van der Waals surface area contributed by atoms with Crippen molar-refractivity contribution >= 4 is 44.8 Å². The molecule has 0 aliphatic heterocycles. The van der Waals surface area contributed by atoms with E-state index in [0.717, 1.165) is 5.56 Å². The standard InChI is InChI=1S/C19H17Cl2N3O4S/c20-16-3-1-2-14(19(16)21)11-24(29(26,27)9-8-18(22)25)15-6-4-13(5-7-15)17-10-23-12-28-17/h1-7,10,12H,8-9,11H2,(H2,22,25). The van der Waals surface area contributed by atoms with Crippen LogP contribution in [0.3, 0.4) is 0 Å². The average molecular weight is 454 g/mol. The molecule has 2 N–H and O–H groups in total. The molecule has 1 heterocycles. The minimum absolute atomic E-state index is 0.0534. The molecule has 0 aliphatic rings. The highest BCUT2D eigenvalue weighted by atomic mass is 35.5. The van der Waals surface area contributed by atoms with E-state index in [0.29, 0.717) is 22.0 Å². The number of aromatic nitrogens is 1.